The summed E-state index contributed by atoms with van der Waals surface area (Å²) in [5, 5.41) is 21.2. The van der Waals surface area contributed by atoms with Crippen molar-refractivity contribution >= 4 is 41.1 Å². The van der Waals surface area contributed by atoms with Crippen LogP contribution in [0.3, 0.4) is 0 Å². The van der Waals surface area contributed by atoms with E-state index in [1.165, 1.54) is 36.2 Å². The first-order valence-corrected chi connectivity index (χ1v) is 21.6. The topological polar surface area (TPSA) is 184 Å². The van der Waals surface area contributed by atoms with Gasteiger partial charge in [-0.25, -0.2) is 4.79 Å². The van der Waals surface area contributed by atoms with Crippen LogP contribution in [0, 0.1) is 11.8 Å². The van der Waals surface area contributed by atoms with Gasteiger partial charge in [-0.3, -0.25) is 24.5 Å². The fourth-order valence-electron chi connectivity index (χ4n) is 8.30. The minimum absolute atomic E-state index is 0.199. The number of nitrogens with zero attached hydrogens (tertiary/aromatic N) is 3. The first-order valence-electron chi connectivity index (χ1n) is 21.6. The fourth-order valence-corrected chi connectivity index (χ4v) is 8.30. The first-order chi connectivity index (χ1) is 30.9. The maximum atomic E-state index is 13.6. The van der Waals surface area contributed by atoms with Crippen molar-refractivity contribution in [1.29, 1.82) is 0 Å². The number of alkyl carbamates (subject to hydrolysis) is 1. The Kier molecular flexibility index (Phi) is 15.4. The van der Waals surface area contributed by atoms with Crippen molar-refractivity contribution in [2.45, 2.75) is 90.1 Å². The van der Waals surface area contributed by atoms with Crippen LogP contribution in [0.15, 0.2) is 84.9 Å². The van der Waals surface area contributed by atoms with E-state index < -0.39 is 48.4 Å². The summed E-state index contributed by atoms with van der Waals surface area (Å²) in [4.78, 5) is 69.2. The molecular formula is C47H56F3N7O8. The number of hydrogen-bond donors (Lipinski definition) is 5. The summed E-state index contributed by atoms with van der Waals surface area (Å²) in [6.07, 6.45) is -4.51. The number of aliphatic hydroxyl groups excluding tert-OH is 1. The number of ether oxygens (including phenoxy) is 2. The smallest absolute Gasteiger partial charge is 0.416 e. The minimum Gasteiger partial charge on any atom is -0.453 e. The SMILES string of the molecule is COC(=O)NC(C(=O)N1CCCC1C(=O)Nc1ccc(-c2ccc(-c3ccc(NC(=O)C4CCCN4C(=O)C(NC(O)OC)C(C)C)cc3)n2-c2ccc(C(F)(F)F)cc2)cc1)C(C)C. The third kappa shape index (κ3) is 11.2. The number of likely N-dealkylation sites (tertiary alicyclic amines) is 2. The summed E-state index contributed by atoms with van der Waals surface area (Å²) in [5.41, 5.74) is 3.24. The van der Waals surface area contributed by atoms with Crippen molar-refractivity contribution in [3.05, 3.63) is 90.5 Å². The average molecular weight is 904 g/mol. The second kappa shape index (κ2) is 20.7. The number of hydrogen-bond acceptors (Lipinski definition) is 9. The summed E-state index contributed by atoms with van der Waals surface area (Å²) >= 11 is 0. The van der Waals surface area contributed by atoms with Gasteiger partial charge in [0.05, 0.1) is 30.1 Å². The number of rotatable bonds is 15. The van der Waals surface area contributed by atoms with E-state index in [1.54, 1.807) is 62.4 Å². The van der Waals surface area contributed by atoms with Gasteiger partial charge in [0, 0.05) is 37.3 Å². The van der Waals surface area contributed by atoms with Crippen LogP contribution in [0.4, 0.5) is 29.3 Å². The predicted molar refractivity (Wildman–Crippen MR) is 237 cm³/mol. The molecule has 5 N–H and O–H groups in total. The van der Waals surface area contributed by atoms with Crippen LogP contribution in [0.2, 0.25) is 0 Å². The van der Waals surface area contributed by atoms with Crippen molar-refractivity contribution in [3.8, 4) is 28.2 Å². The summed E-state index contributed by atoms with van der Waals surface area (Å²) in [5.74, 6) is -1.91. The number of anilines is 2. The van der Waals surface area contributed by atoms with Crippen LogP contribution < -0.4 is 21.3 Å². The van der Waals surface area contributed by atoms with E-state index in [0.717, 1.165) is 12.1 Å². The molecule has 18 heteroatoms. The standard InChI is InChI=1S/C47H56F3N7O8/c1-27(2)39(53-45(62)64-5)43(60)55-25-7-9-37(55)41(58)51-32-17-11-29(12-18-32)35-23-24-36(57(35)34-21-15-31(16-22-34)47(48,49)50)30-13-19-33(20-14-30)52-42(59)38-10-8-26-56(38)44(61)40(28(3)4)54-46(63)65-6/h11-24,27-28,37-40,45,53,62H,7-10,25-26H2,1-6H3,(H,51,58)(H,52,59)(H,54,63). The van der Waals surface area contributed by atoms with E-state index in [-0.39, 0.29) is 35.5 Å². The number of carbonyl (C=O) groups excluding carboxylic acids is 5. The summed E-state index contributed by atoms with van der Waals surface area (Å²) in [7, 11) is 2.52. The highest BCUT2D eigenvalue weighted by molar-refractivity contribution is 5.99. The summed E-state index contributed by atoms with van der Waals surface area (Å²) in [6.45, 7) is 7.97. The zero-order valence-electron chi connectivity index (χ0n) is 37.1. The van der Waals surface area contributed by atoms with Crippen molar-refractivity contribution in [1.82, 2.24) is 25.0 Å². The second-order valence-corrected chi connectivity index (χ2v) is 16.8. The number of alkyl halides is 3. The Balaban J connectivity index is 1.21. The van der Waals surface area contributed by atoms with Crippen LogP contribution in [-0.2, 0) is 34.8 Å². The van der Waals surface area contributed by atoms with E-state index >= 15 is 0 Å². The lowest BCUT2D eigenvalue weighted by molar-refractivity contribution is -0.146. The molecule has 3 aromatic carbocycles. The molecule has 6 rings (SSSR count). The molecule has 0 bridgehead atoms. The lowest BCUT2D eigenvalue weighted by Gasteiger charge is -2.31. The molecule has 65 heavy (non-hydrogen) atoms. The largest absolute Gasteiger partial charge is 0.453 e. The molecule has 348 valence electrons. The van der Waals surface area contributed by atoms with Gasteiger partial charge >= 0.3 is 12.3 Å². The lowest BCUT2D eigenvalue weighted by atomic mass is 10.0. The number of nitrogens with one attached hydrogen (secondary N) is 4. The van der Waals surface area contributed by atoms with Crippen molar-refractivity contribution in [3.63, 3.8) is 0 Å². The van der Waals surface area contributed by atoms with Gasteiger partial charge in [-0.15, -0.1) is 0 Å². The number of carbonyl (C=O) groups is 5. The third-order valence-electron chi connectivity index (χ3n) is 11.8. The van der Waals surface area contributed by atoms with Crippen molar-refractivity contribution < 1.29 is 51.7 Å². The Morgan fingerprint density at radius 1 is 0.662 bits per heavy atom. The van der Waals surface area contributed by atoms with Gasteiger partial charge in [-0.1, -0.05) is 52.0 Å². The van der Waals surface area contributed by atoms with Crippen LogP contribution in [0.25, 0.3) is 28.2 Å². The quantitative estimate of drug-likeness (QED) is 0.0821. The van der Waals surface area contributed by atoms with Gasteiger partial charge in [0.25, 0.3) is 0 Å². The molecule has 0 aliphatic carbocycles. The van der Waals surface area contributed by atoms with Gasteiger partial charge in [-0.2, -0.15) is 13.2 Å². The molecule has 5 unspecified atom stereocenters. The van der Waals surface area contributed by atoms with Gasteiger partial charge < -0.3 is 44.9 Å². The first kappa shape index (κ1) is 48.2. The molecule has 0 spiro atoms. The van der Waals surface area contributed by atoms with Gasteiger partial charge in [0.2, 0.25) is 30.0 Å². The molecule has 1 aromatic heterocycles. The molecule has 2 fully saturated rings. The number of benzene rings is 3. The molecule has 5 amide bonds. The Morgan fingerprint density at radius 3 is 1.51 bits per heavy atom. The molecule has 15 nitrogen and oxygen atoms in total. The van der Waals surface area contributed by atoms with Crippen molar-refractivity contribution in [2.75, 3.05) is 37.9 Å². The number of aromatic nitrogens is 1. The minimum atomic E-state index is -4.54. The Hall–Kier alpha value is -6.24. The highest BCUT2D eigenvalue weighted by atomic mass is 19.4. The second-order valence-electron chi connectivity index (χ2n) is 16.8. The number of amides is 5. The molecular weight excluding hydrogens is 848 g/mol. The number of aliphatic hydroxyl groups is 1. The molecule has 4 aromatic rings. The van der Waals surface area contributed by atoms with E-state index in [0.29, 0.717) is 78.3 Å². The molecule has 2 saturated heterocycles. The lowest BCUT2D eigenvalue weighted by Crippen LogP contribution is -2.55. The summed E-state index contributed by atoms with van der Waals surface area (Å²) < 4.78 is 52.3. The zero-order chi connectivity index (χ0) is 47.2. The van der Waals surface area contributed by atoms with Gasteiger partial charge in [0.1, 0.15) is 18.1 Å². The molecule has 3 heterocycles. The maximum Gasteiger partial charge on any atom is 0.416 e. The van der Waals surface area contributed by atoms with E-state index in [9.17, 15) is 42.3 Å². The van der Waals surface area contributed by atoms with E-state index in [1.807, 2.05) is 30.5 Å². The van der Waals surface area contributed by atoms with Gasteiger partial charge in [-0.05, 0) is 109 Å². The van der Waals surface area contributed by atoms with Crippen LogP contribution >= 0.6 is 0 Å². The Morgan fingerprint density at radius 2 is 1.11 bits per heavy atom. The molecule has 0 radical (unpaired) electrons. The molecule has 5 atom stereocenters. The Labute approximate surface area is 375 Å². The third-order valence-corrected chi connectivity index (χ3v) is 11.8. The van der Waals surface area contributed by atoms with Crippen LogP contribution in [0.1, 0.15) is 58.9 Å². The predicted octanol–water partition coefficient (Wildman–Crippen LogP) is 6.61. The summed E-state index contributed by atoms with van der Waals surface area (Å²) in [6, 6.07) is 19.3. The number of methoxy groups -OCH3 is 2. The highest BCUT2D eigenvalue weighted by Gasteiger charge is 2.40. The molecule has 2 aliphatic rings. The Bertz CT molecular complexity index is 2320. The van der Waals surface area contributed by atoms with Gasteiger partial charge in [0.15, 0.2) is 0 Å². The monoisotopic (exact) mass is 903 g/mol. The number of halogens is 3. The fraction of sp³-hybridized carbons (Fsp3) is 0.426. The van der Waals surface area contributed by atoms with E-state index in [4.69, 9.17) is 9.47 Å². The van der Waals surface area contributed by atoms with Crippen LogP contribution in [-0.4, -0.2) is 107 Å². The zero-order valence-corrected chi connectivity index (χ0v) is 37.1. The van der Waals surface area contributed by atoms with Crippen molar-refractivity contribution in [2.24, 2.45) is 11.8 Å². The normalized spacial score (nSPS) is 17.8. The van der Waals surface area contributed by atoms with E-state index in [2.05, 4.69) is 21.3 Å². The average Bonchev–Trinajstić information content (AvgIpc) is 4.08. The molecule has 2 aliphatic heterocycles. The maximum absolute atomic E-state index is 13.6. The highest BCUT2D eigenvalue weighted by Crippen LogP contribution is 2.36. The molecule has 0 saturated carbocycles. The van der Waals surface area contributed by atoms with Crippen LogP contribution in [0.5, 0.6) is 0 Å².